The molecule has 3 aromatic carbocycles. The van der Waals surface area contributed by atoms with Gasteiger partial charge in [-0.1, -0.05) is 42.5 Å². The van der Waals surface area contributed by atoms with E-state index in [9.17, 15) is 14.9 Å². The van der Waals surface area contributed by atoms with Crippen LogP contribution < -0.4 is 5.32 Å². The molecule has 5 nitrogen and oxygen atoms in total. The Balaban J connectivity index is 1.85. The molecule has 0 radical (unpaired) electrons. The Morgan fingerprint density at radius 1 is 1.00 bits per heavy atom. The number of hydrogen-bond acceptors (Lipinski definition) is 4. The molecule has 1 N–H and O–H groups in total. The minimum Gasteiger partial charge on any atom is -0.465 e. The number of hydrogen-bond donors (Lipinski definition) is 1. The minimum atomic E-state index is -0.517. The molecule has 5 heteroatoms. The molecule has 0 aromatic heterocycles. The van der Waals surface area contributed by atoms with Gasteiger partial charge < -0.3 is 10.1 Å². The molecule has 0 atom stereocenters. The van der Waals surface area contributed by atoms with Crippen LogP contribution in [0.3, 0.4) is 0 Å². The molecule has 0 saturated heterocycles. The molecule has 3 aromatic rings. The number of carbonyl (C=O) groups excluding carboxylic acids is 2. The van der Waals surface area contributed by atoms with Crippen molar-refractivity contribution >= 4 is 34.4 Å². The lowest BCUT2D eigenvalue weighted by Gasteiger charge is -2.06. The highest BCUT2D eigenvalue weighted by Gasteiger charge is 2.11. The van der Waals surface area contributed by atoms with Crippen LogP contribution in [0.5, 0.6) is 0 Å². The van der Waals surface area contributed by atoms with Crippen molar-refractivity contribution in [2.24, 2.45) is 0 Å². The zero-order valence-electron chi connectivity index (χ0n) is 14.6. The zero-order valence-corrected chi connectivity index (χ0v) is 14.6. The van der Waals surface area contributed by atoms with Crippen LogP contribution in [0.25, 0.3) is 16.8 Å². The molecule has 3 rings (SSSR count). The standard InChI is InChI=1S/C22H16N2O3/c1-27-22(26)16-9-11-19(12-10-16)24-21(25)18(14-23)13-17-7-4-6-15-5-2-3-8-20(15)17/h2-13H,1H3,(H,24,25)/b18-13+. The SMILES string of the molecule is COC(=O)c1ccc(NC(=O)/C(C#N)=C/c2cccc3ccccc23)cc1. The third-order valence-electron chi connectivity index (χ3n) is 4.05. The number of ether oxygens (including phenoxy) is 1. The zero-order chi connectivity index (χ0) is 19.2. The summed E-state index contributed by atoms with van der Waals surface area (Å²) < 4.78 is 4.64. The number of anilines is 1. The number of amides is 1. The average molecular weight is 356 g/mol. The number of benzene rings is 3. The van der Waals surface area contributed by atoms with E-state index in [0.29, 0.717) is 11.3 Å². The summed E-state index contributed by atoms with van der Waals surface area (Å²) in [6.07, 6.45) is 1.57. The van der Waals surface area contributed by atoms with E-state index in [1.807, 2.05) is 48.5 Å². The Hall–Kier alpha value is -3.91. The molecular weight excluding hydrogens is 340 g/mol. The second-order valence-electron chi connectivity index (χ2n) is 5.76. The first-order valence-corrected chi connectivity index (χ1v) is 8.21. The van der Waals surface area contributed by atoms with Crippen molar-refractivity contribution in [3.05, 3.63) is 83.4 Å². The average Bonchev–Trinajstić information content (AvgIpc) is 2.72. The molecule has 0 aliphatic rings. The summed E-state index contributed by atoms with van der Waals surface area (Å²) in [7, 11) is 1.30. The van der Waals surface area contributed by atoms with E-state index in [0.717, 1.165) is 16.3 Å². The Kier molecular flexibility index (Phi) is 5.29. The van der Waals surface area contributed by atoms with Gasteiger partial charge in [-0.25, -0.2) is 4.79 Å². The van der Waals surface area contributed by atoms with E-state index in [1.54, 1.807) is 30.3 Å². The first-order valence-electron chi connectivity index (χ1n) is 8.21. The van der Waals surface area contributed by atoms with Gasteiger partial charge in [0.15, 0.2) is 0 Å². The van der Waals surface area contributed by atoms with E-state index in [2.05, 4.69) is 10.1 Å². The van der Waals surface area contributed by atoms with Gasteiger partial charge in [-0.15, -0.1) is 0 Å². The van der Waals surface area contributed by atoms with Gasteiger partial charge in [0.25, 0.3) is 5.91 Å². The molecule has 0 saturated carbocycles. The third kappa shape index (κ3) is 4.02. The number of carbonyl (C=O) groups is 2. The summed E-state index contributed by atoms with van der Waals surface area (Å²) in [6, 6.07) is 21.7. The van der Waals surface area contributed by atoms with Gasteiger partial charge >= 0.3 is 5.97 Å². The summed E-state index contributed by atoms with van der Waals surface area (Å²) in [5.74, 6) is -0.974. The maximum atomic E-state index is 12.5. The van der Waals surface area contributed by atoms with Gasteiger partial charge in [-0.2, -0.15) is 5.26 Å². The normalized spacial score (nSPS) is 10.9. The fourth-order valence-corrected chi connectivity index (χ4v) is 2.69. The molecule has 0 spiro atoms. The fourth-order valence-electron chi connectivity index (χ4n) is 2.69. The van der Waals surface area contributed by atoms with Crippen molar-refractivity contribution in [1.29, 1.82) is 5.26 Å². The first-order chi connectivity index (χ1) is 13.1. The molecule has 0 fully saturated rings. The van der Waals surface area contributed by atoms with E-state index in [1.165, 1.54) is 7.11 Å². The smallest absolute Gasteiger partial charge is 0.337 e. The summed E-state index contributed by atoms with van der Waals surface area (Å²) >= 11 is 0. The van der Waals surface area contributed by atoms with Crippen molar-refractivity contribution in [2.75, 3.05) is 12.4 Å². The molecule has 0 aliphatic heterocycles. The molecule has 1 amide bonds. The summed E-state index contributed by atoms with van der Waals surface area (Å²) in [6.45, 7) is 0. The lowest BCUT2D eigenvalue weighted by molar-refractivity contribution is -0.112. The number of esters is 1. The van der Waals surface area contributed by atoms with Crippen LogP contribution in [0.2, 0.25) is 0 Å². The van der Waals surface area contributed by atoms with E-state index in [-0.39, 0.29) is 5.57 Å². The quantitative estimate of drug-likeness (QED) is 0.432. The van der Waals surface area contributed by atoms with Crippen LogP contribution in [0.4, 0.5) is 5.69 Å². The molecule has 0 unspecified atom stereocenters. The molecule has 0 aliphatic carbocycles. The Labute approximate surface area is 156 Å². The third-order valence-corrected chi connectivity index (χ3v) is 4.05. The van der Waals surface area contributed by atoms with Crippen LogP contribution in [0, 0.1) is 11.3 Å². The van der Waals surface area contributed by atoms with Gasteiger partial charge in [0.2, 0.25) is 0 Å². The van der Waals surface area contributed by atoms with Gasteiger partial charge in [0.1, 0.15) is 11.6 Å². The maximum absolute atomic E-state index is 12.5. The van der Waals surface area contributed by atoms with Crippen molar-refractivity contribution < 1.29 is 14.3 Å². The highest BCUT2D eigenvalue weighted by Crippen LogP contribution is 2.21. The van der Waals surface area contributed by atoms with Crippen molar-refractivity contribution in [3.63, 3.8) is 0 Å². The summed E-state index contributed by atoms with van der Waals surface area (Å²) in [4.78, 5) is 23.9. The van der Waals surface area contributed by atoms with Crippen LogP contribution in [-0.4, -0.2) is 19.0 Å². The van der Waals surface area contributed by atoms with Crippen molar-refractivity contribution in [2.45, 2.75) is 0 Å². The second-order valence-corrected chi connectivity index (χ2v) is 5.76. The number of fused-ring (bicyclic) bond motifs is 1. The van der Waals surface area contributed by atoms with Gasteiger partial charge in [0.05, 0.1) is 12.7 Å². The molecule has 27 heavy (non-hydrogen) atoms. The Morgan fingerprint density at radius 2 is 1.70 bits per heavy atom. The van der Waals surface area contributed by atoms with Gasteiger partial charge in [0, 0.05) is 5.69 Å². The highest BCUT2D eigenvalue weighted by atomic mass is 16.5. The number of nitrogens with zero attached hydrogens (tertiary/aromatic N) is 1. The number of nitriles is 1. The van der Waals surface area contributed by atoms with Crippen LogP contribution in [-0.2, 0) is 9.53 Å². The predicted octanol–water partition coefficient (Wildman–Crippen LogP) is 4.17. The lowest BCUT2D eigenvalue weighted by atomic mass is 10.0. The number of nitrogens with one attached hydrogen (secondary N) is 1. The molecule has 0 heterocycles. The topological polar surface area (TPSA) is 79.2 Å². The van der Waals surface area contributed by atoms with E-state index >= 15 is 0 Å². The van der Waals surface area contributed by atoms with Crippen LogP contribution >= 0.6 is 0 Å². The van der Waals surface area contributed by atoms with E-state index < -0.39 is 11.9 Å². The number of methoxy groups -OCH3 is 1. The number of rotatable bonds is 4. The van der Waals surface area contributed by atoms with Crippen LogP contribution in [0.15, 0.2) is 72.3 Å². The van der Waals surface area contributed by atoms with Crippen molar-refractivity contribution in [1.82, 2.24) is 0 Å². The maximum Gasteiger partial charge on any atom is 0.337 e. The fraction of sp³-hybridized carbons (Fsp3) is 0.0455. The monoisotopic (exact) mass is 356 g/mol. The first kappa shape index (κ1) is 17.9. The molecule has 132 valence electrons. The van der Waals surface area contributed by atoms with Gasteiger partial charge in [-0.3, -0.25) is 4.79 Å². The Bertz CT molecular complexity index is 1070. The van der Waals surface area contributed by atoms with E-state index in [4.69, 9.17) is 0 Å². The summed E-state index contributed by atoms with van der Waals surface area (Å²) in [5, 5.41) is 14.1. The molecular formula is C22H16N2O3. The highest BCUT2D eigenvalue weighted by molar-refractivity contribution is 6.10. The predicted molar refractivity (Wildman–Crippen MR) is 104 cm³/mol. The minimum absolute atomic E-state index is 0.0107. The lowest BCUT2D eigenvalue weighted by Crippen LogP contribution is -2.13. The van der Waals surface area contributed by atoms with Gasteiger partial charge in [-0.05, 0) is 46.7 Å². The largest absolute Gasteiger partial charge is 0.465 e. The van der Waals surface area contributed by atoms with Crippen molar-refractivity contribution in [3.8, 4) is 6.07 Å². The molecule has 0 bridgehead atoms. The summed E-state index contributed by atoms with van der Waals surface area (Å²) in [5.41, 5.74) is 1.64. The Morgan fingerprint density at radius 3 is 2.41 bits per heavy atom. The second kappa shape index (κ2) is 7.98. The van der Waals surface area contributed by atoms with Crippen LogP contribution in [0.1, 0.15) is 15.9 Å².